The van der Waals surface area contributed by atoms with Crippen LogP contribution in [0.4, 0.5) is 0 Å². The van der Waals surface area contributed by atoms with Crippen LogP contribution in [0.15, 0.2) is 30.5 Å². The van der Waals surface area contributed by atoms with Crippen LogP contribution in [0.25, 0.3) is 10.9 Å². The molecular weight excluding hydrogens is 186 g/mol. The molecule has 0 radical (unpaired) electrons. The number of aromatic nitrogens is 1. The summed E-state index contributed by atoms with van der Waals surface area (Å²) >= 11 is 0. The minimum atomic E-state index is 0.750. The van der Waals surface area contributed by atoms with Gasteiger partial charge in [-0.1, -0.05) is 18.2 Å². The van der Waals surface area contributed by atoms with Gasteiger partial charge in [-0.05, 0) is 32.4 Å². The van der Waals surface area contributed by atoms with Crippen molar-refractivity contribution in [3.05, 3.63) is 36.0 Å². The van der Waals surface area contributed by atoms with Gasteiger partial charge >= 0.3 is 0 Å². The number of hydrogen-bond donors (Lipinski definition) is 0. The number of benzene rings is 1. The second-order valence-electron chi connectivity index (χ2n) is 3.35. The van der Waals surface area contributed by atoms with E-state index in [2.05, 4.69) is 48.9 Å². The quantitative estimate of drug-likeness (QED) is 0.652. The smallest absolute Gasteiger partial charge is 0.116 e. The summed E-state index contributed by atoms with van der Waals surface area (Å²) < 4.78 is 2.28. The number of hydrogen-bond acceptors (Lipinski definition) is 1. The topological polar surface area (TPSA) is 22.0 Å². The van der Waals surface area contributed by atoms with E-state index in [0.717, 1.165) is 12.8 Å². The zero-order chi connectivity index (χ0) is 11.3. The Morgan fingerprint density at radius 3 is 2.53 bits per heavy atom. The molecule has 1 aromatic heterocycles. The zero-order valence-electron chi connectivity index (χ0n) is 9.53. The van der Waals surface area contributed by atoms with Crippen LogP contribution >= 0.6 is 0 Å². The van der Waals surface area contributed by atoms with E-state index in [1.807, 2.05) is 0 Å². The number of aryl methyl sites for hydroxylation is 2. The molecule has 2 nitrogen and oxygen atoms in total. The highest BCUT2D eigenvalue weighted by atomic mass is 16.1. The predicted molar refractivity (Wildman–Crippen MR) is 64.1 cm³/mol. The summed E-state index contributed by atoms with van der Waals surface area (Å²) in [5.74, 6) is 0. The van der Waals surface area contributed by atoms with Crippen molar-refractivity contribution in [2.24, 2.45) is 0 Å². The van der Waals surface area contributed by atoms with Gasteiger partial charge in [0.2, 0.25) is 0 Å². The van der Waals surface area contributed by atoms with Crippen molar-refractivity contribution in [3.8, 4) is 0 Å². The number of carbonyl (C=O) groups is 1. The van der Waals surface area contributed by atoms with Gasteiger partial charge in [-0.3, -0.25) is 0 Å². The third kappa shape index (κ3) is 2.46. The van der Waals surface area contributed by atoms with Gasteiger partial charge < -0.3 is 9.36 Å². The molecule has 0 bridgehead atoms. The van der Waals surface area contributed by atoms with Crippen molar-refractivity contribution >= 4 is 17.2 Å². The summed E-state index contributed by atoms with van der Waals surface area (Å²) in [6, 6.07) is 8.53. The van der Waals surface area contributed by atoms with Crippen molar-refractivity contribution in [1.29, 1.82) is 0 Å². The number of nitrogens with zero attached hydrogens (tertiary/aromatic N) is 1. The van der Waals surface area contributed by atoms with Crippen molar-refractivity contribution in [3.63, 3.8) is 0 Å². The van der Waals surface area contributed by atoms with E-state index in [1.165, 1.54) is 23.4 Å². The maximum Gasteiger partial charge on any atom is 0.116 e. The average Bonchev–Trinajstić information content (AvgIpc) is 2.58. The van der Waals surface area contributed by atoms with Crippen molar-refractivity contribution in [1.82, 2.24) is 4.57 Å². The third-order valence-corrected chi connectivity index (χ3v) is 2.33. The van der Waals surface area contributed by atoms with Crippen LogP contribution in [0.2, 0.25) is 0 Å². The Morgan fingerprint density at radius 1 is 1.33 bits per heavy atom. The molecule has 0 atom stereocenters. The van der Waals surface area contributed by atoms with Gasteiger partial charge in [-0.2, -0.15) is 0 Å². The van der Waals surface area contributed by atoms with Gasteiger partial charge in [0.15, 0.2) is 0 Å². The molecule has 0 saturated carbocycles. The molecule has 0 spiro atoms. The molecule has 2 heteroatoms. The Kier molecular flexibility index (Phi) is 4.10. The van der Waals surface area contributed by atoms with E-state index in [0.29, 0.717) is 0 Å². The minimum absolute atomic E-state index is 0.750. The molecule has 1 aromatic carbocycles. The highest BCUT2D eigenvalue weighted by Gasteiger charge is 2.01. The van der Waals surface area contributed by atoms with Gasteiger partial charge in [0.25, 0.3) is 0 Å². The highest BCUT2D eigenvalue weighted by Crippen LogP contribution is 2.19. The highest BCUT2D eigenvalue weighted by molar-refractivity contribution is 5.83. The monoisotopic (exact) mass is 203 g/mol. The summed E-state index contributed by atoms with van der Waals surface area (Å²) in [5.41, 5.74) is 2.71. The molecule has 1 heterocycles. The van der Waals surface area contributed by atoms with Gasteiger partial charge in [0, 0.05) is 23.6 Å². The van der Waals surface area contributed by atoms with E-state index >= 15 is 0 Å². The number of fused-ring (bicyclic) bond motifs is 1. The van der Waals surface area contributed by atoms with Crippen LogP contribution in [-0.4, -0.2) is 10.9 Å². The number of carbonyl (C=O) groups excluding carboxylic acids is 1. The Hall–Kier alpha value is -1.57. The number of aldehydes is 1. The predicted octanol–water partition coefficient (Wildman–Crippen LogP) is 3.17. The number of para-hydroxylation sites is 1. The van der Waals surface area contributed by atoms with Crippen molar-refractivity contribution < 1.29 is 4.79 Å². The second-order valence-corrected chi connectivity index (χ2v) is 3.35. The van der Waals surface area contributed by atoms with Crippen LogP contribution in [0.1, 0.15) is 19.4 Å². The van der Waals surface area contributed by atoms with Gasteiger partial charge in [-0.15, -0.1) is 0 Å². The molecule has 2 aromatic rings. The van der Waals surface area contributed by atoms with E-state index in [9.17, 15) is 0 Å². The van der Waals surface area contributed by atoms with Crippen LogP contribution < -0.4 is 0 Å². The minimum Gasteiger partial charge on any atom is -0.347 e. The van der Waals surface area contributed by atoms with E-state index in [-0.39, 0.29) is 0 Å². The lowest BCUT2D eigenvalue weighted by Gasteiger charge is -1.98. The molecule has 0 amide bonds. The molecular formula is C13H17NO. The Morgan fingerprint density at radius 2 is 1.93 bits per heavy atom. The molecule has 15 heavy (non-hydrogen) atoms. The van der Waals surface area contributed by atoms with Crippen molar-refractivity contribution in [2.45, 2.75) is 27.3 Å². The normalized spacial score (nSPS) is 9.53. The summed E-state index contributed by atoms with van der Waals surface area (Å²) in [6.45, 7) is 6.83. The largest absolute Gasteiger partial charge is 0.347 e. The second kappa shape index (κ2) is 5.35. The van der Waals surface area contributed by atoms with Crippen LogP contribution in [0, 0.1) is 6.92 Å². The zero-order valence-corrected chi connectivity index (χ0v) is 9.53. The molecule has 0 saturated heterocycles. The lowest BCUT2D eigenvalue weighted by molar-refractivity contribution is -0.106. The summed E-state index contributed by atoms with van der Waals surface area (Å²) in [4.78, 5) is 8.81. The van der Waals surface area contributed by atoms with E-state index in [4.69, 9.17) is 4.79 Å². The molecule has 0 unspecified atom stereocenters. The van der Waals surface area contributed by atoms with Gasteiger partial charge in [0.1, 0.15) is 6.29 Å². The van der Waals surface area contributed by atoms with Gasteiger partial charge in [-0.25, -0.2) is 0 Å². The van der Waals surface area contributed by atoms with Gasteiger partial charge in [0.05, 0.1) is 0 Å². The fourth-order valence-electron chi connectivity index (χ4n) is 1.69. The Bertz CT molecular complexity index is 443. The molecule has 0 N–H and O–H groups in total. The maximum atomic E-state index is 8.81. The van der Waals surface area contributed by atoms with E-state index < -0.39 is 0 Å². The lowest BCUT2D eigenvalue weighted by atomic mass is 10.2. The molecule has 0 fully saturated rings. The first kappa shape index (κ1) is 11.5. The summed E-state index contributed by atoms with van der Waals surface area (Å²) in [7, 11) is 0. The lowest BCUT2D eigenvalue weighted by Crippen LogP contribution is -1.89. The summed E-state index contributed by atoms with van der Waals surface area (Å²) in [6.07, 6.45) is 2.96. The molecule has 2 rings (SSSR count). The first-order valence-corrected chi connectivity index (χ1v) is 5.18. The summed E-state index contributed by atoms with van der Waals surface area (Å²) in [5, 5.41) is 1.37. The first-order chi connectivity index (χ1) is 7.24. The van der Waals surface area contributed by atoms with Crippen LogP contribution in [-0.2, 0) is 11.3 Å². The van der Waals surface area contributed by atoms with E-state index in [1.54, 1.807) is 0 Å². The van der Waals surface area contributed by atoms with Crippen LogP contribution in [0.5, 0.6) is 0 Å². The molecule has 0 aliphatic rings. The average molecular weight is 203 g/mol. The Labute approximate surface area is 90.5 Å². The van der Waals surface area contributed by atoms with Crippen LogP contribution in [0.3, 0.4) is 0 Å². The SMILES string of the molecule is CC=O.CCn1cc(C)c2ccccc21. The first-order valence-electron chi connectivity index (χ1n) is 5.18. The van der Waals surface area contributed by atoms with Crippen molar-refractivity contribution in [2.75, 3.05) is 0 Å². The molecule has 0 aliphatic heterocycles. The fraction of sp³-hybridized carbons (Fsp3) is 0.308. The third-order valence-electron chi connectivity index (χ3n) is 2.33. The number of rotatable bonds is 1. The molecule has 80 valence electrons. The maximum absolute atomic E-state index is 8.81. The molecule has 0 aliphatic carbocycles. The fourth-order valence-corrected chi connectivity index (χ4v) is 1.69. The Balaban J connectivity index is 0.000000337. The standard InChI is InChI=1S/C11H13N.C2H4O/c1-3-12-8-9(2)10-6-4-5-7-11(10)12;1-2-3/h4-8H,3H2,1-2H3;2H,1H3.